The highest BCUT2D eigenvalue weighted by atomic mass is 19.3. The molecule has 5 rings (SSSR count). The van der Waals surface area contributed by atoms with Crippen LogP contribution in [0.2, 0.25) is 0 Å². The SMILES string of the molecule is Cc1ccc(-c2noc(C3CC3)n2)cc1NC(=O)c1cnc2cc(COCCC(F)F)ccn12. The van der Waals surface area contributed by atoms with Gasteiger partial charge in [-0.3, -0.25) is 9.20 Å². The average Bonchev–Trinajstić information content (AvgIpc) is 3.39. The van der Waals surface area contributed by atoms with Crippen LogP contribution >= 0.6 is 0 Å². The number of aryl methyl sites for hydroxylation is 1. The van der Waals surface area contributed by atoms with Crippen molar-refractivity contribution >= 4 is 17.2 Å². The van der Waals surface area contributed by atoms with Crippen molar-refractivity contribution in [3.05, 3.63) is 65.4 Å². The van der Waals surface area contributed by atoms with Gasteiger partial charge in [0.15, 0.2) is 0 Å². The van der Waals surface area contributed by atoms with E-state index in [2.05, 4.69) is 20.4 Å². The lowest BCUT2D eigenvalue weighted by Crippen LogP contribution is -2.15. The van der Waals surface area contributed by atoms with Gasteiger partial charge in [0.05, 0.1) is 19.4 Å². The number of ether oxygens (including phenoxy) is 1. The second-order valence-corrected chi connectivity index (χ2v) is 8.35. The Labute approximate surface area is 194 Å². The second kappa shape index (κ2) is 9.30. The molecule has 0 spiro atoms. The summed E-state index contributed by atoms with van der Waals surface area (Å²) in [4.78, 5) is 21.8. The number of hydrogen-bond acceptors (Lipinski definition) is 6. The van der Waals surface area contributed by atoms with Crippen LogP contribution in [0.3, 0.4) is 0 Å². The number of benzene rings is 1. The molecule has 1 N–H and O–H groups in total. The van der Waals surface area contributed by atoms with Crippen LogP contribution in [0.4, 0.5) is 14.5 Å². The van der Waals surface area contributed by atoms with Crippen molar-refractivity contribution in [2.45, 2.75) is 45.1 Å². The monoisotopic (exact) mass is 467 g/mol. The normalized spacial score (nSPS) is 13.6. The molecule has 0 atom stereocenters. The van der Waals surface area contributed by atoms with Crippen LogP contribution in [-0.4, -0.2) is 38.5 Å². The summed E-state index contributed by atoms with van der Waals surface area (Å²) >= 11 is 0. The number of nitrogens with zero attached hydrogens (tertiary/aromatic N) is 4. The smallest absolute Gasteiger partial charge is 0.274 e. The highest BCUT2D eigenvalue weighted by Gasteiger charge is 2.29. The third kappa shape index (κ3) is 4.81. The third-order valence-electron chi connectivity index (χ3n) is 5.67. The van der Waals surface area contributed by atoms with Gasteiger partial charge in [-0.05, 0) is 49.1 Å². The van der Waals surface area contributed by atoms with E-state index in [9.17, 15) is 13.6 Å². The van der Waals surface area contributed by atoms with Crippen LogP contribution in [0.5, 0.6) is 0 Å². The molecule has 1 aliphatic rings. The minimum Gasteiger partial charge on any atom is -0.377 e. The largest absolute Gasteiger partial charge is 0.377 e. The van der Waals surface area contributed by atoms with Crippen molar-refractivity contribution in [2.75, 3.05) is 11.9 Å². The summed E-state index contributed by atoms with van der Waals surface area (Å²) in [5, 5.41) is 7.01. The average molecular weight is 467 g/mol. The molecule has 176 valence electrons. The van der Waals surface area contributed by atoms with Crippen molar-refractivity contribution in [3.8, 4) is 11.4 Å². The van der Waals surface area contributed by atoms with Crippen molar-refractivity contribution in [1.29, 1.82) is 0 Å². The fraction of sp³-hybridized carbons (Fsp3) is 0.333. The van der Waals surface area contributed by atoms with Gasteiger partial charge in [0.25, 0.3) is 5.91 Å². The van der Waals surface area contributed by atoms with Gasteiger partial charge in [0, 0.05) is 29.8 Å². The summed E-state index contributed by atoms with van der Waals surface area (Å²) < 4.78 is 36.7. The second-order valence-electron chi connectivity index (χ2n) is 8.35. The van der Waals surface area contributed by atoms with Crippen LogP contribution in [0.25, 0.3) is 17.0 Å². The molecule has 3 heterocycles. The molecule has 1 amide bonds. The number of anilines is 1. The Balaban J connectivity index is 1.30. The lowest BCUT2D eigenvalue weighted by molar-refractivity contribution is 0.0595. The van der Waals surface area contributed by atoms with Gasteiger partial charge in [-0.1, -0.05) is 17.3 Å². The van der Waals surface area contributed by atoms with Gasteiger partial charge >= 0.3 is 0 Å². The summed E-state index contributed by atoms with van der Waals surface area (Å²) in [6, 6.07) is 9.15. The van der Waals surface area contributed by atoms with Crippen LogP contribution in [0.1, 0.15) is 52.7 Å². The first-order chi connectivity index (χ1) is 16.5. The molecule has 0 radical (unpaired) electrons. The first-order valence-corrected chi connectivity index (χ1v) is 11.1. The lowest BCUT2D eigenvalue weighted by atomic mass is 10.1. The number of alkyl halides is 2. The number of fused-ring (bicyclic) bond motifs is 1. The first kappa shape index (κ1) is 22.1. The number of halogens is 2. The minimum absolute atomic E-state index is 0.0187. The number of amides is 1. The fourth-order valence-corrected chi connectivity index (χ4v) is 3.57. The number of aromatic nitrogens is 4. The van der Waals surface area contributed by atoms with Crippen molar-refractivity contribution < 1.29 is 22.8 Å². The number of pyridine rings is 1. The van der Waals surface area contributed by atoms with Crippen molar-refractivity contribution in [1.82, 2.24) is 19.5 Å². The Morgan fingerprint density at radius 3 is 2.94 bits per heavy atom. The Hall–Kier alpha value is -3.66. The maximum absolute atomic E-state index is 13.0. The van der Waals surface area contributed by atoms with Crippen molar-refractivity contribution in [2.24, 2.45) is 0 Å². The summed E-state index contributed by atoms with van der Waals surface area (Å²) in [7, 11) is 0. The number of nitrogens with one attached hydrogen (secondary N) is 1. The molecular weight excluding hydrogens is 444 g/mol. The molecule has 1 aliphatic carbocycles. The molecule has 34 heavy (non-hydrogen) atoms. The topological polar surface area (TPSA) is 94.6 Å². The standard InChI is InChI=1S/C24H23F2N5O3/c1-14-2-3-17(22-29-24(34-30-22)16-4-5-16)11-18(14)28-23(32)19-12-27-21-10-15(6-8-31(19)21)13-33-9-7-20(25)26/h2-3,6,8,10-12,16,20H,4-5,7,9,13H2,1H3,(H,28,32). The highest BCUT2D eigenvalue weighted by Crippen LogP contribution is 2.39. The molecule has 1 fully saturated rings. The van der Waals surface area contributed by atoms with Crippen LogP contribution in [-0.2, 0) is 11.3 Å². The number of hydrogen-bond donors (Lipinski definition) is 1. The predicted octanol–water partition coefficient (Wildman–Crippen LogP) is 4.99. The zero-order valence-corrected chi connectivity index (χ0v) is 18.5. The predicted molar refractivity (Wildman–Crippen MR) is 120 cm³/mol. The van der Waals surface area contributed by atoms with E-state index < -0.39 is 6.43 Å². The van der Waals surface area contributed by atoms with Gasteiger partial charge in [-0.25, -0.2) is 13.8 Å². The van der Waals surface area contributed by atoms with E-state index in [0.29, 0.717) is 34.7 Å². The maximum atomic E-state index is 13.0. The summed E-state index contributed by atoms with van der Waals surface area (Å²) in [5.74, 6) is 1.20. The van der Waals surface area contributed by atoms with E-state index in [4.69, 9.17) is 9.26 Å². The van der Waals surface area contributed by atoms with Crippen molar-refractivity contribution in [3.63, 3.8) is 0 Å². The van der Waals surface area contributed by atoms with E-state index in [-0.39, 0.29) is 25.5 Å². The van der Waals surface area contributed by atoms with E-state index >= 15 is 0 Å². The van der Waals surface area contributed by atoms with Gasteiger partial charge in [-0.2, -0.15) is 4.98 Å². The summed E-state index contributed by atoms with van der Waals surface area (Å²) in [6.07, 6.45) is 2.67. The Morgan fingerprint density at radius 2 is 2.15 bits per heavy atom. The summed E-state index contributed by atoms with van der Waals surface area (Å²) in [6.45, 7) is 2.08. The van der Waals surface area contributed by atoms with Gasteiger partial charge in [0.2, 0.25) is 18.1 Å². The van der Waals surface area contributed by atoms with E-state index in [1.54, 1.807) is 22.7 Å². The molecule has 1 saturated carbocycles. The molecule has 0 bridgehead atoms. The number of rotatable bonds is 9. The third-order valence-corrected chi connectivity index (χ3v) is 5.67. The lowest BCUT2D eigenvalue weighted by Gasteiger charge is -2.10. The van der Waals surface area contributed by atoms with Crippen LogP contribution < -0.4 is 5.32 Å². The maximum Gasteiger partial charge on any atom is 0.274 e. The molecule has 8 nitrogen and oxygen atoms in total. The zero-order valence-electron chi connectivity index (χ0n) is 18.5. The Kier molecular flexibility index (Phi) is 6.06. The molecule has 3 aromatic heterocycles. The van der Waals surface area contributed by atoms with Gasteiger partial charge in [-0.15, -0.1) is 0 Å². The molecule has 0 unspecified atom stereocenters. The molecule has 1 aromatic carbocycles. The highest BCUT2D eigenvalue weighted by molar-refractivity contribution is 6.04. The summed E-state index contributed by atoms with van der Waals surface area (Å²) in [5.41, 5.74) is 3.99. The van der Waals surface area contributed by atoms with E-state index in [1.807, 2.05) is 25.1 Å². The van der Waals surface area contributed by atoms with E-state index in [1.165, 1.54) is 6.20 Å². The van der Waals surface area contributed by atoms with Crippen LogP contribution in [0.15, 0.2) is 47.2 Å². The number of carbonyl (C=O) groups is 1. The first-order valence-electron chi connectivity index (χ1n) is 11.1. The van der Waals surface area contributed by atoms with Gasteiger partial charge in [0.1, 0.15) is 11.3 Å². The molecular formula is C24H23F2N5O3. The number of imidazole rings is 1. The molecule has 0 aliphatic heterocycles. The molecule has 0 saturated heterocycles. The molecule has 4 aromatic rings. The fourth-order valence-electron chi connectivity index (χ4n) is 3.57. The Morgan fingerprint density at radius 1 is 1.29 bits per heavy atom. The Bertz CT molecular complexity index is 1330. The zero-order chi connectivity index (χ0) is 23.7. The van der Waals surface area contributed by atoms with Gasteiger partial charge < -0.3 is 14.6 Å². The van der Waals surface area contributed by atoms with Crippen LogP contribution in [0, 0.1) is 6.92 Å². The number of carbonyl (C=O) groups excluding carboxylic acids is 1. The quantitative estimate of drug-likeness (QED) is 0.349. The van der Waals surface area contributed by atoms with E-state index in [0.717, 1.165) is 29.5 Å². The minimum atomic E-state index is -2.38. The molecule has 10 heteroatoms.